The number of ether oxygens (including phenoxy) is 2. The molecule has 310 valence electrons. The summed E-state index contributed by atoms with van der Waals surface area (Å²) in [6, 6.07) is 3.91. The fourth-order valence-corrected chi connectivity index (χ4v) is 15.7. The fraction of sp³-hybridized carbons (Fsp3) is 0.526. The Labute approximate surface area is 346 Å². The highest BCUT2D eigenvalue weighted by Gasteiger charge is 2.47. The number of thiazole rings is 2. The number of hydrogen-bond acceptors (Lipinski definition) is 12. The lowest BCUT2D eigenvalue weighted by Gasteiger charge is -2.30. The van der Waals surface area contributed by atoms with Gasteiger partial charge in [-0.1, -0.05) is 53.9 Å². The third kappa shape index (κ3) is 8.28. The van der Waals surface area contributed by atoms with E-state index in [1.54, 1.807) is 35.1 Å². The number of methoxy groups -OCH3 is 2. The zero-order valence-electron chi connectivity index (χ0n) is 34.6. The quantitative estimate of drug-likeness (QED) is 0.109. The maximum absolute atomic E-state index is 13.9. The Morgan fingerprint density at radius 3 is 1.43 bits per heavy atom. The number of nitrogens with one attached hydrogen (secondary N) is 4. The molecule has 2 aliphatic rings. The van der Waals surface area contributed by atoms with Gasteiger partial charge in [-0.15, -0.1) is 22.7 Å². The van der Waals surface area contributed by atoms with Crippen LogP contribution in [0.5, 0.6) is 0 Å². The van der Waals surface area contributed by atoms with Gasteiger partial charge >= 0.3 is 12.2 Å². The second kappa shape index (κ2) is 15.8. The first-order valence-electron chi connectivity index (χ1n) is 19.5. The molecule has 4 aromatic heterocycles. The van der Waals surface area contributed by atoms with Crippen LogP contribution in [0.4, 0.5) is 9.59 Å². The number of nitrogens with zero attached hydrogens (tertiary/aromatic N) is 6. The van der Waals surface area contributed by atoms with E-state index in [1.165, 1.54) is 14.2 Å². The van der Waals surface area contributed by atoms with Crippen molar-refractivity contribution in [2.24, 2.45) is 11.8 Å². The molecule has 4 amide bonds. The summed E-state index contributed by atoms with van der Waals surface area (Å²) in [6.45, 7) is 16.7. The van der Waals surface area contributed by atoms with Gasteiger partial charge in [-0.2, -0.15) is 0 Å². The normalized spacial score (nSPS) is 19.9. The van der Waals surface area contributed by atoms with Gasteiger partial charge in [0.05, 0.1) is 86.7 Å². The van der Waals surface area contributed by atoms with Gasteiger partial charge in [0.15, 0.2) is 0 Å². The molecule has 58 heavy (non-hydrogen) atoms. The molecule has 7 rings (SSSR count). The second-order valence-corrected chi connectivity index (χ2v) is 29.8. The molecule has 0 saturated carbocycles. The number of benzene rings is 1. The van der Waals surface area contributed by atoms with Crippen LogP contribution in [-0.2, 0) is 19.1 Å². The molecule has 2 fully saturated rings. The Kier molecular flexibility index (Phi) is 11.3. The van der Waals surface area contributed by atoms with Crippen molar-refractivity contribution in [2.45, 2.75) is 90.1 Å². The molecular formula is C38H52N10O6S2Si2. The van der Waals surface area contributed by atoms with E-state index in [0.717, 1.165) is 53.9 Å². The first-order chi connectivity index (χ1) is 27.4. The number of fused-ring (bicyclic) bond motifs is 2. The van der Waals surface area contributed by atoms with Gasteiger partial charge in [-0.25, -0.2) is 29.5 Å². The summed E-state index contributed by atoms with van der Waals surface area (Å²) in [5.74, 6) is 0.903. The fourth-order valence-electron chi connectivity index (χ4n) is 8.06. The highest BCUT2D eigenvalue weighted by Crippen LogP contribution is 2.41. The Morgan fingerprint density at radius 1 is 0.707 bits per heavy atom. The van der Waals surface area contributed by atoms with Crippen molar-refractivity contribution in [3.05, 3.63) is 36.2 Å². The molecule has 2 aliphatic heterocycles. The monoisotopic (exact) mass is 864 g/mol. The predicted octanol–water partition coefficient (Wildman–Crippen LogP) is 6.71. The molecule has 0 aliphatic carbocycles. The lowest BCUT2D eigenvalue weighted by Crippen LogP contribution is -2.52. The summed E-state index contributed by atoms with van der Waals surface area (Å²) in [6.07, 6.45) is 3.64. The van der Waals surface area contributed by atoms with Crippen LogP contribution in [0.1, 0.15) is 51.4 Å². The minimum Gasteiger partial charge on any atom is -0.453 e. The van der Waals surface area contributed by atoms with E-state index >= 15 is 0 Å². The molecule has 6 heterocycles. The summed E-state index contributed by atoms with van der Waals surface area (Å²) in [5.41, 5.74) is 3.24. The van der Waals surface area contributed by atoms with Gasteiger partial charge < -0.3 is 39.9 Å². The van der Waals surface area contributed by atoms with E-state index in [4.69, 9.17) is 29.4 Å². The van der Waals surface area contributed by atoms with Crippen LogP contribution in [-0.4, -0.2) is 118 Å². The van der Waals surface area contributed by atoms with Crippen LogP contribution in [0, 0.1) is 11.8 Å². The van der Waals surface area contributed by atoms with Gasteiger partial charge in [-0.05, 0) is 36.1 Å². The molecule has 0 spiro atoms. The lowest BCUT2D eigenvalue weighted by atomic mass is 10.0. The molecule has 0 unspecified atom stereocenters. The summed E-state index contributed by atoms with van der Waals surface area (Å²) >= 11 is 3.09. The molecule has 4 N–H and O–H groups in total. The first kappa shape index (κ1) is 41.5. The molecule has 2 saturated heterocycles. The van der Waals surface area contributed by atoms with Crippen molar-refractivity contribution < 1.29 is 28.7 Å². The van der Waals surface area contributed by atoms with E-state index in [1.807, 2.05) is 37.5 Å². The van der Waals surface area contributed by atoms with Crippen LogP contribution < -0.4 is 10.6 Å². The van der Waals surface area contributed by atoms with E-state index in [2.05, 4.69) is 58.9 Å². The molecule has 0 bridgehead atoms. The van der Waals surface area contributed by atoms with E-state index in [-0.39, 0.29) is 35.7 Å². The second-order valence-electron chi connectivity index (χ2n) is 17.6. The molecule has 4 atom stereocenters. The lowest BCUT2D eigenvalue weighted by molar-refractivity contribution is -0.135. The molecule has 20 heteroatoms. The first-order valence-corrected chi connectivity index (χ1v) is 27.9. The predicted molar refractivity (Wildman–Crippen MR) is 230 cm³/mol. The van der Waals surface area contributed by atoms with Crippen LogP contribution in [0.3, 0.4) is 0 Å². The van der Waals surface area contributed by atoms with Gasteiger partial charge in [0.25, 0.3) is 0 Å². The topological polar surface area (TPSA) is 200 Å². The summed E-state index contributed by atoms with van der Waals surface area (Å²) in [5, 5.41) is 7.04. The van der Waals surface area contributed by atoms with E-state index in [0.29, 0.717) is 24.0 Å². The number of rotatable bonds is 10. The Morgan fingerprint density at radius 2 is 1.09 bits per heavy atom. The highest BCUT2D eigenvalue weighted by atomic mass is 32.1. The van der Waals surface area contributed by atoms with Crippen LogP contribution in [0.25, 0.3) is 41.8 Å². The van der Waals surface area contributed by atoms with E-state index < -0.39 is 40.4 Å². The molecule has 5 aromatic rings. The number of imidazole rings is 2. The summed E-state index contributed by atoms with van der Waals surface area (Å²) < 4.78 is 11.6. The van der Waals surface area contributed by atoms with Crippen molar-refractivity contribution in [2.75, 3.05) is 26.6 Å². The SMILES string of the molecule is COC(=O)N[C@H](C(=O)N1C[Si](C)(C)C[C@H]1c1ncc(-c2nc3cc4sc(-c5cnc([C@@H]6C[Si](C)(C)CN6C(=O)[C@@H](NC(=O)OC)C(C)C)[nH]5)nc4cc3s2)[nH]1)C(C)C. The van der Waals surface area contributed by atoms with Crippen molar-refractivity contribution in [3.8, 4) is 21.4 Å². The van der Waals surface area contributed by atoms with E-state index in [9.17, 15) is 19.2 Å². The zero-order chi connectivity index (χ0) is 41.8. The number of aromatic nitrogens is 6. The van der Waals surface area contributed by atoms with Gasteiger partial charge in [-0.3, -0.25) is 9.59 Å². The number of hydrogen-bond donors (Lipinski definition) is 4. The zero-order valence-corrected chi connectivity index (χ0v) is 38.2. The highest BCUT2D eigenvalue weighted by molar-refractivity contribution is 7.23. The molecular weight excluding hydrogens is 813 g/mol. The van der Waals surface area contributed by atoms with Crippen LogP contribution in [0.2, 0.25) is 38.3 Å². The average molecular weight is 865 g/mol. The largest absolute Gasteiger partial charge is 0.453 e. The van der Waals surface area contributed by atoms with Crippen molar-refractivity contribution in [1.29, 1.82) is 0 Å². The minimum absolute atomic E-state index is 0.124. The third-order valence-electron chi connectivity index (χ3n) is 11.0. The number of aromatic amines is 2. The molecule has 16 nitrogen and oxygen atoms in total. The standard InChI is InChI=1S/C38H52N10O6S2Si2/c1-19(2)29(45-37(51)53-5)35(49)47-17-57(7,8)15-25(47)31-39-13-23(41-31)33-43-21-11-28-22(12-27(21)55-33)44-34(56-28)24-14-40-32(42-24)26-16-58(9,10)18-48(26)36(50)30(20(3)4)46-38(52)54-6/h11-14,19-20,25-26,29-30H,15-18H2,1-10H3,(H,39,41)(H,40,42)(H,45,51)(H,46,52)/t25-,26-,29-,30-/m0/s1. The number of H-pyrrole nitrogens is 2. The number of carbonyl (C=O) groups is 4. The number of alkyl carbamates (subject to hydrolysis) is 2. The van der Waals surface area contributed by atoms with Gasteiger partial charge in [0, 0.05) is 12.3 Å². The van der Waals surface area contributed by atoms with Crippen molar-refractivity contribution >= 4 is 83.3 Å². The molecule has 0 radical (unpaired) electrons. The average Bonchev–Trinajstić information content (AvgIpc) is 4.02. The Balaban J connectivity index is 1.11. The Hall–Kier alpha value is -4.67. The maximum atomic E-state index is 13.9. The minimum atomic E-state index is -1.77. The number of amides is 4. The third-order valence-corrected chi connectivity index (χ3v) is 18.5. The van der Waals surface area contributed by atoms with Crippen LogP contribution in [0.15, 0.2) is 24.5 Å². The molecule has 1 aromatic carbocycles. The van der Waals surface area contributed by atoms with Gasteiger partial charge in [0.2, 0.25) is 11.8 Å². The van der Waals surface area contributed by atoms with Crippen LogP contribution >= 0.6 is 22.7 Å². The van der Waals surface area contributed by atoms with Crippen molar-refractivity contribution in [1.82, 2.24) is 50.3 Å². The summed E-state index contributed by atoms with van der Waals surface area (Å²) in [4.78, 5) is 82.2. The van der Waals surface area contributed by atoms with Gasteiger partial charge in [0.1, 0.15) is 33.7 Å². The van der Waals surface area contributed by atoms with Crippen molar-refractivity contribution in [3.63, 3.8) is 0 Å². The maximum Gasteiger partial charge on any atom is 0.407 e. The Bertz CT molecular complexity index is 2160. The number of carbonyl (C=O) groups excluding carboxylic acids is 4. The smallest absolute Gasteiger partial charge is 0.407 e. The summed E-state index contributed by atoms with van der Waals surface area (Å²) in [7, 11) is -0.961.